The highest BCUT2D eigenvalue weighted by Gasteiger charge is 2.22. The van der Waals surface area contributed by atoms with Gasteiger partial charge in [0.05, 0.1) is 19.3 Å². The minimum absolute atomic E-state index is 0.0560. The molecular formula is C20H28N2O4. The Bertz CT molecular complexity index is 657. The molecule has 142 valence electrons. The second kappa shape index (κ2) is 8.54. The lowest BCUT2D eigenvalue weighted by molar-refractivity contribution is 0.0600. The average Bonchev–Trinajstić information content (AvgIpc) is 2.83. The van der Waals surface area contributed by atoms with Gasteiger partial charge < -0.3 is 19.3 Å². The zero-order valence-corrected chi connectivity index (χ0v) is 15.7. The van der Waals surface area contributed by atoms with Crippen molar-refractivity contribution in [1.29, 1.82) is 0 Å². The normalized spacial score (nSPS) is 18.8. The van der Waals surface area contributed by atoms with Crippen molar-refractivity contribution in [3.63, 3.8) is 0 Å². The first-order valence-electron chi connectivity index (χ1n) is 9.41. The van der Waals surface area contributed by atoms with Crippen molar-refractivity contribution in [2.45, 2.75) is 25.7 Å². The van der Waals surface area contributed by atoms with E-state index in [2.05, 4.69) is 11.9 Å². The quantitative estimate of drug-likeness (QED) is 0.755. The number of likely N-dealkylation sites (N-methyl/N-ethyl adjacent to an activating group) is 1. The van der Waals surface area contributed by atoms with Crippen LogP contribution in [0.25, 0.3) is 0 Å². The van der Waals surface area contributed by atoms with Crippen LogP contribution < -0.4 is 4.74 Å². The van der Waals surface area contributed by atoms with Gasteiger partial charge in [-0.1, -0.05) is 6.42 Å². The molecule has 1 aromatic rings. The van der Waals surface area contributed by atoms with Gasteiger partial charge in [0.25, 0.3) is 5.91 Å². The first kappa shape index (κ1) is 18.7. The van der Waals surface area contributed by atoms with Gasteiger partial charge in [0.15, 0.2) is 0 Å². The minimum atomic E-state index is -0.455. The topological polar surface area (TPSA) is 59.1 Å². The van der Waals surface area contributed by atoms with Crippen LogP contribution in [0.1, 0.15) is 46.4 Å². The number of rotatable bonds is 5. The molecule has 0 radical (unpaired) electrons. The van der Waals surface area contributed by atoms with E-state index in [9.17, 15) is 9.59 Å². The number of carbonyl (C=O) groups is 2. The number of esters is 1. The summed E-state index contributed by atoms with van der Waals surface area (Å²) >= 11 is 0. The van der Waals surface area contributed by atoms with E-state index < -0.39 is 5.97 Å². The Kier molecular flexibility index (Phi) is 6.14. The third-order valence-corrected chi connectivity index (χ3v) is 5.29. The van der Waals surface area contributed by atoms with Crippen molar-refractivity contribution in [1.82, 2.24) is 9.80 Å². The summed E-state index contributed by atoms with van der Waals surface area (Å²) in [5.74, 6) is 0.635. The molecule has 0 bridgehead atoms. The van der Waals surface area contributed by atoms with Gasteiger partial charge in [-0.05, 0) is 57.0 Å². The van der Waals surface area contributed by atoms with Crippen LogP contribution in [0, 0.1) is 5.92 Å². The van der Waals surface area contributed by atoms with Crippen molar-refractivity contribution in [3.8, 4) is 5.75 Å². The molecule has 1 aromatic carbocycles. The largest absolute Gasteiger partial charge is 0.493 e. The minimum Gasteiger partial charge on any atom is -0.493 e. The van der Waals surface area contributed by atoms with Crippen LogP contribution in [0.15, 0.2) is 18.2 Å². The van der Waals surface area contributed by atoms with Gasteiger partial charge in [0.2, 0.25) is 0 Å². The summed E-state index contributed by atoms with van der Waals surface area (Å²) in [6, 6.07) is 5.03. The zero-order chi connectivity index (χ0) is 18.5. The second-order valence-corrected chi connectivity index (χ2v) is 7.29. The number of ether oxygens (including phenoxy) is 2. The molecule has 2 aliphatic rings. The molecule has 1 saturated heterocycles. The standard InChI is InChI=1S/C20H28N2O4/c1-21-7-4-8-22(10-9-21)19(23)16-11-17(20(24)25-2)13-18(12-16)26-14-15-5-3-6-15/h11-13,15H,3-10,14H2,1-2H3. The van der Waals surface area contributed by atoms with Gasteiger partial charge in [-0.15, -0.1) is 0 Å². The van der Waals surface area contributed by atoms with Gasteiger partial charge in [-0.25, -0.2) is 4.79 Å². The zero-order valence-electron chi connectivity index (χ0n) is 15.7. The highest BCUT2D eigenvalue weighted by molar-refractivity contribution is 5.98. The van der Waals surface area contributed by atoms with Crippen LogP contribution in [0.2, 0.25) is 0 Å². The van der Waals surface area contributed by atoms with Gasteiger partial charge in [-0.2, -0.15) is 0 Å². The molecule has 1 saturated carbocycles. The Morgan fingerprint density at radius 3 is 2.50 bits per heavy atom. The molecule has 2 fully saturated rings. The summed E-state index contributed by atoms with van der Waals surface area (Å²) < 4.78 is 10.7. The lowest BCUT2D eigenvalue weighted by atomic mass is 9.86. The fourth-order valence-corrected chi connectivity index (χ4v) is 3.35. The highest BCUT2D eigenvalue weighted by atomic mass is 16.5. The number of amides is 1. The van der Waals surface area contributed by atoms with E-state index in [-0.39, 0.29) is 5.91 Å². The van der Waals surface area contributed by atoms with E-state index in [4.69, 9.17) is 9.47 Å². The number of methoxy groups -OCH3 is 1. The first-order chi connectivity index (χ1) is 12.6. The number of carbonyl (C=O) groups excluding carboxylic acids is 2. The third kappa shape index (κ3) is 4.55. The van der Waals surface area contributed by atoms with Gasteiger partial charge in [-0.3, -0.25) is 4.79 Å². The molecule has 0 unspecified atom stereocenters. The number of nitrogens with zero attached hydrogens (tertiary/aromatic N) is 2. The van der Waals surface area contributed by atoms with Crippen LogP contribution in [0.3, 0.4) is 0 Å². The van der Waals surface area contributed by atoms with E-state index >= 15 is 0 Å². The maximum atomic E-state index is 13.0. The molecule has 0 aromatic heterocycles. The van der Waals surface area contributed by atoms with E-state index in [1.807, 2.05) is 4.90 Å². The highest BCUT2D eigenvalue weighted by Crippen LogP contribution is 2.28. The maximum absolute atomic E-state index is 13.0. The van der Waals surface area contributed by atoms with E-state index in [0.717, 1.165) is 26.1 Å². The van der Waals surface area contributed by atoms with Crippen molar-refractivity contribution in [3.05, 3.63) is 29.3 Å². The van der Waals surface area contributed by atoms with Gasteiger partial charge in [0, 0.05) is 25.2 Å². The molecule has 1 heterocycles. The Hall–Kier alpha value is -2.08. The first-order valence-corrected chi connectivity index (χ1v) is 9.41. The molecule has 6 nitrogen and oxygen atoms in total. The summed E-state index contributed by atoms with van der Waals surface area (Å²) in [4.78, 5) is 29.1. The third-order valence-electron chi connectivity index (χ3n) is 5.29. The molecule has 0 N–H and O–H groups in total. The molecule has 0 spiro atoms. The van der Waals surface area contributed by atoms with Gasteiger partial charge in [0.1, 0.15) is 5.75 Å². The van der Waals surface area contributed by atoms with Crippen molar-refractivity contribution in [2.24, 2.45) is 5.92 Å². The average molecular weight is 360 g/mol. The van der Waals surface area contributed by atoms with Gasteiger partial charge >= 0.3 is 5.97 Å². The number of hydrogen-bond acceptors (Lipinski definition) is 5. The molecule has 1 aliphatic carbocycles. The monoisotopic (exact) mass is 360 g/mol. The summed E-state index contributed by atoms with van der Waals surface area (Å²) in [7, 11) is 3.41. The molecule has 1 amide bonds. The molecule has 3 rings (SSSR count). The Balaban J connectivity index is 1.78. The van der Waals surface area contributed by atoms with Crippen LogP contribution in [0.4, 0.5) is 0 Å². The fourth-order valence-electron chi connectivity index (χ4n) is 3.35. The van der Waals surface area contributed by atoms with Crippen molar-refractivity contribution in [2.75, 3.05) is 46.9 Å². The Labute approximate surface area is 155 Å². The predicted molar refractivity (Wildman–Crippen MR) is 98.6 cm³/mol. The van der Waals surface area contributed by atoms with Crippen LogP contribution in [-0.4, -0.2) is 68.6 Å². The van der Waals surface area contributed by atoms with E-state index in [1.54, 1.807) is 18.2 Å². The van der Waals surface area contributed by atoms with Crippen molar-refractivity contribution >= 4 is 11.9 Å². The number of benzene rings is 1. The molecule has 6 heteroatoms. The maximum Gasteiger partial charge on any atom is 0.338 e. The molecule has 26 heavy (non-hydrogen) atoms. The summed E-state index contributed by atoms with van der Waals surface area (Å²) in [6.45, 7) is 3.89. The lowest BCUT2D eigenvalue weighted by Crippen LogP contribution is -2.34. The van der Waals surface area contributed by atoms with E-state index in [1.165, 1.54) is 26.4 Å². The summed E-state index contributed by atoms with van der Waals surface area (Å²) in [5.41, 5.74) is 0.843. The Morgan fingerprint density at radius 2 is 1.81 bits per heavy atom. The number of hydrogen-bond donors (Lipinski definition) is 0. The molecular weight excluding hydrogens is 332 g/mol. The SMILES string of the molecule is COC(=O)c1cc(OCC2CCC2)cc(C(=O)N2CCCN(C)CC2)c1. The summed E-state index contributed by atoms with van der Waals surface area (Å²) in [5, 5.41) is 0. The smallest absolute Gasteiger partial charge is 0.338 e. The van der Waals surface area contributed by atoms with Crippen LogP contribution in [-0.2, 0) is 4.74 Å². The predicted octanol–water partition coefficient (Wildman–Crippen LogP) is 2.43. The fraction of sp³-hybridized carbons (Fsp3) is 0.600. The van der Waals surface area contributed by atoms with Crippen molar-refractivity contribution < 1.29 is 19.1 Å². The molecule has 0 atom stereocenters. The van der Waals surface area contributed by atoms with E-state index in [0.29, 0.717) is 35.9 Å². The lowest BCUT2D eigenvalue weighted by Gasteiger charge is -2.25. The van der Waals surface area contributed by atoms with Crippen LogP contribution >= 0.6 is 0 Å². The second-order valence-electron chi connectivity index (χ2n) is 7.29. The molecule has 1 aliphatic heterocycles. The summed E-state index contributed by atoms with van der Waals surface area (Å²) in [6.07, 6.45) is 4.57. The Morgan fingerprint density at radius 1 is 1.04 bits per heavy atom. The van der Waals surface area contributed by atoms with Crippen LogP contribution in [0.5, 0.6) is 5.75 Å².